The number of thiazole rings is 1. The first-order chi connectivity index (χ1) is 17.2. The number of hydrogen-bond acceptors (Lipinski definition) is 7. The van der Waals surface area contributed by atoms with Crippen molar-refractivity contribution in [3.63, 3.8) is 0 Å². The van der Waals surface area contributed by atoms with Gasteiger partial charge in [-0.15, -0.1) is 16.4 Å². The Bertz CT molecular complexity index is 1460. The van der Waals surface area contributed by atoms with E-state index in [4.69, 9.17) is 9.72 Å². The van der Waals surface area contributed by atoms with Gasteiger partial charge in [0.05, 0.1) is 25.4 Å². The second kappa shape index (κ2) is 10.3. The van der Waals surface area contributed by atoms with Gasteiger partial charge >= 0.3 is 0 Å². The first kappa shape index (κ1) is 22.5. The Morgan fingerprint density at radius 1 is 1.20 bits per heavy atom. The van der Waals surface area contributed by atoms with Gasteiger partial charge in [0.25, 0.3) is 0 Å². The van der Waals surface area contributed by atoms with Gasteiger partial charge in [-0.3, -0.25) is 0 Å². The zero-order valence-electron chi connectivity index (χ0n) is 19.2. The van der Waals surface area contributed by atoms with Gasteiger partial charge in [-0.2, -0.15) is 5.26 Å². The van der Waals surface area contributed by atoms with Crippen LogP contribution in [0.3, 0.4) is 0 Å². The third kappa shape index (κ3) is 5.13. The summed E-state index contributed by atoms with van der Waals surface area (Å²) in [5.41, 5.74) is 4.47. The quantitative estimate of drug-likeness (QED) is 0.292. The molecule has 0 radical (unpaired) electrons. The average Bonchev–Trinajstić information content (AvgIpc) is 3.50. The van der Waals surface area contributed by atoms with Crippen LogP contribution in [0, 0.1) is 23.2 Å². The molecule has 0 unspecified atom stereocenters. The van der Waals surface area contributed by atoms with Gasteiger partial charge in [0.2, 0.25) is 0 Å². The molecule has 0 spiro atoms. The summed E-state index contributed by atoms with van der Waals surface area (Å²) in [5, 5.41) is 24.6. The molecule has 4 aromatic rings. The molecule has 1 aliphatic rings. The molecule has 0 N–H and O–H groups in total. The van der Waals surface area contributed by atoms with Gasteiger partial charge in [-0.05, 0) is 64.6 Å². The lowest BCUT2D eigenvalue weighted by atomic mass is 9.83. The van der Waals surface area contributed by atoms with Crippen molar-refractivity contribution < 1.29 is 4.74 Å². The predicted octanol–water partition coefficient (Wildman–Crippen LogP) is 4.81. The maximum atomic E-state index is 9.48. The molecule has 2 heterocycles. The molecule has 0 aliphatic heterocycles. The third-order valence-electron chi connectivity index (χ3n) is 6.01. The van der Waals surface area contributed by atoms with Crippen molar-refractivity contribution in [2.75, 3.05) is 7.11 Å². The topological polar surface area (TPSA) is 89.5 Å². The molecule has 2 aromatic carbocycles. The number of tetrazole rings is 1. The summed E-state index contributed by atoms with van der Waals surface area (Å²) in [6, 6.07) is 17.6. The molecule has 1 aliphatic carbocycles. The Morgan fingerprint density at radius 3 is 2.80 bits per heavy atom. The van der Waals surface area contributed by atoms with Gasteiger partial charge in [0.15, 0.2) is 10.8 Å². The Balaban J connectivity index is 1.39. The first-order valence-electron chi connectivity index (χ1n) is 11.3. The average molecular weight is 479 g/mol. The van der Waals surface area contributed by atoms with Gasteiger partial charge in [-0.25, -0.2) is 9.67 Å². The minimum Gasteiger partial charge on any atom is -0.497 e. The number of methoxy groups -OCH3 is 1. The number of allylic oxidation sites excluding steroid dienone is 1. The summed E-state index contributed by atoms with van der Waals surface area (Å²) in [7, 11) is 1.63. The molecule has 5 rings (SSSR count). The fourth-order valence-electron chi connectivity index (χ4n) is 3.87. The Labute approximate surface area is 207 Å². The molecule has 8 heteroatoms. The van der Waals surface area contributed by atoms with Crippen LogP contribution in [-0.4, -0.2) is 32.3 Å². The molecule has 0 saturated heterocycles. The lowest BCUT2D eigenvalue weighted by Gasteiger charge is -2.22. The minimum absolute atomic E-state index is 0.460. The molecule has 1 fully saturated rings. The molecule has 7 nitrogen and oxygen atoms in total. The van der Waals surface area contributed by atoms with E-state index >= 15 is 0 Å². The highest BCUT2D eigenvalue weighted by atomic mass is 32.1. The maximum absolute atomic E-state index is 9.48. The molecular formula is C27H22N6OS. The van der Waals surface area contributed by atoms with Gasteiger partial charge in [0, 0.05) is 28.5 Å². The number of aromatic nitrogens is 5. The van der Waals surface area contributed by atoms with Crippen LogP contribution in [0.4, 0.5) is 0 Å². The fourth-order valence-corrected chi connectivity index (χ4v) is 4.62. The van der Waals surface area contributed by atoms with E-state index in [1.807, 2.05) is 48.5 Å². The monoisotopic (exact) mass is 478 g/mol. The van der Waals surface area contributed by atoms with Crippen LogP contribution in [0.15, 0.2) is 60.0 Å². The summed E-state index contributed by atoms with van der Waals surface area (Å²) in [5.74, 6) is 8.30. The molecule has 172 valence electrons. The van der Waals surface area contributed by atoms with Crippen molar-refractivity contribution in [3.05, 3.63) is 93.2 Å². The second-order valence-electron chi connectivity index (χ2n) is 8.23. The van der Waals surface area contributed by atoms with Crippen LogP contribution in [0.5, 0.6) is 5.75 Å². The second-order valence-corrected chi connectivity index (χ2v) is 9.09. The fraction of sp³-hybridized carbons (Fsp3) is 0.222. The van der Waals surface area contributed by atoms with E-state index in [0.29, 0.717) is 23.9 Å². The molecule has 0 amide bonds. The molecule has 0 atom stereocenters. The number of hydrogen-bond donors (Lipinski definition) is 0. The van der Waals surface area contributed by atoms with Crippen molar-refractivity contribution in [1.82, 2.24) is 25.2 Å². The lowest BCUT2D eigenvalue weighted by molar-refractivity contribution is 0.412. The first-order valence-corrected chi connectivity index (χ1v) is 12.2. The van der Waals surface area contributed by atoms with Crippen LogP contribution >= 0.6 is 11.3 Å². The largest absolute Gasteiger partial charge is 0.497 e. The van der Waals surface area contributed by atoms with Gasteiger partial charge < -0.3 is 4.74 Å². The summed E-state index contributed by atoms with van der Waals surface area (Å²) >= 11 is 1.59. The summed E-state index contributed by atoms with van der Waals surface area (Å²) in [4.78, 5) is 4.69. The molecule has 1 saturated carbocycles. The van der Waals surface area contributed by atoms with Crippen LogP contribution < -0.4 is 4.74 Å². The number of ether oxygens (including phenoxy) is 1. The van der Waals surface area contributed by atoms with E-state index in [1.165, 1.54) is 31.0 Å². The highest BCUT2D eigenvalue weighted by molar-refractivity contribution is 7.10. The van der Waals surface area contributed by atoms with Crippen molar-refractivity contribution in [1.29, 1.82) is 5.26 Å². The number of benzene rings is 2. The summed E-state index contributed by atoms with van der Waals surface area (Å²) < 4.78 is 6.91. The van der Waals surface area contributed by atoms with Crippen molar-refractivity contribution >= 4 is 16.9 Å². The Kier molecular flexibility index (Phi) is 6.65. The SMILES string of the molecule is COc1ccc(Cn2nnnc2/C(=C/C#N)c2cccc(C#Cc3nc(C4CCC4)cs3)c2)cc1. The van der Waals surface area contributed by atoms with E-state index in [9.17, 15) is 5.26 Å². The Morgan fingerprint density at radius 2 is 2.06 bits per heavy atom. The van der Waals surface area contributed by atoms with E-state index in [-0.39, 0.29) is 0 Å². The molecular weight excluding hydrogens is 456 g/mol. The van der Waals surface area contributed by atoms with Crippen LogP contribution in [-0.2, 0) is 6.54 Å². The number of nitrogens with zero attached hydrogens (tertiary/aromatic N) is 6. The van der Waals surface area contributed by atoms with Crippen molar-refractivity contribution in [2.45, 2.75) is 31.7 Å². The Hall–Kier alpha value is -4.27. The van der Waals surface area contributed by atoms with E-state index in [2.05, 4.69) is 38.8 Å². The minimum atomic E-state index is 0.460. The van der Waals surface area contributed by atoms with E-state index in [1.54, 1.807) is 23.1 Å². The number of nitriles is 1. The van der Waals surface area contributed by atoms with Crippen LogP contribution in [0.1, 0.15) is 58.4 Å². The lowest BCUT2D eigenvalue weighted by Crippen LogP contribution is -2.08. The third-order valence-corrected chi connectivity index (χ3v) is 6.78. The summed E-state index contributed by atoms with van der Waals surface area (Å²) in [6.07, 6.45) is 5.21. The van der Waals surface area contributed by atoms with Gasteiger partial charge in [0.1, 0.15) is 5.75 Å². The van der Waals surface area contributed by atoms with Gasteiger partial charge in [-0.1, -0.05) is 36.6 Å². The highest BCUT2D eigenvalue weighted by Crippen LogP contribution is 2.36. The predicted molar refractivity (Wildman–Crippen MR) is 134 cm³/mol. The molecule has 2 aromatic heterocycles. The maximum Gasteiger partial charge on any atom is 0.183 e. The van der Waals surface area contributed by atoms with Crippen LogP contribution in [0.2, 0.25) is 0 Å². The summed E-state index contributed by atoms with van der Waals surface area (Å²) in [6.45, 7) is 0.460. The molecule has 35 heavy (non-hydrogen) atoms. The molecule has 0 bridgehead atoms. The zero-order chi connectivity index (χ0) is 24.0. The van der Waals surface area contributed by atoms with Crippen molar-refractivity contribution in [2.24, 2.45) is 0 Å². The van der Waals surface area contributed by atoms with Crippen molar-refractivity contribution in [3.8, 4) is 23.7 Å². The van der Waals surface area contributed by atoms with E-state index < -0.39 is 0 Å². The zero-order valence-corrected chi connectivity index (χ0v) is 20.0. The smallest absolute Gasteiger partial charge is 0.183 e. The van der Waals surface area contributed by atoms with E-state index in [0.717, 1.165) is 27.4 Å². The standard InChI is InChI=1S/C27H22N6OS/c1-34-23-11-8-20(9-12-23)17-33-27(30-31-32-33)24(14-15-28)22-7-2-4-19(16-22)10-13-26-29-25(18-35-26)21-5-3-6-21/h2,4,7-9,11-12,14,16,18,21H,3,5-6,17H2,1H3/b24-14+. The van der Waals surface area contributed by atoms with Crippen LogP contribution in [0.25, 0.3) is 5.57 Å². The normalized spacial score (nSPS) is 13.4. The number of rotatable bonds is 6. The highest BCUT2D eigenvalue weighted by Gasteiger charge is 2.21.